The van der Waals surface area contributed by atoms with Crippen LogP contribution in [0.1, 0.15) is 16.1 Å². The SMILES string of the molecule is O=C1NCCc2[nH]c3nc(Nc4ccc(OCCF)c(F)c4)ccc3c21. The summed E-state index contributed by atoms with van der Waals surface area (Å²) in [6, 6.07) is 7.84. The molecule has 1 aromatic carbocycles. The van der Waals surface area contributed by atoms with Gasteiger partial charge in [0.05, 0.1) is 5.56 Å². The molecule has 4 rings (SSSR count). The third-order valence-electron chi connectivity index (χ3n) is 4.16. The van der Waals surface area contributed by atoms with Gasteiger partial charge in [-0.05, 0) is 24.3 Å². The van der Waals surface area contributed by atoms with Crippen molar-refractivity contribution in [3.8, 4) is 5.75 Å². The van der Waals surface area contributed by atoms with Gasteiger partial charge in [0.25, 0.3) is 5.91 Å². The summed E-state index contributed by atoms with van der Waals surface area (Å²) in [5.41, 5.74) is 2.58. The number of halogens is 2. The van der Waals surface area contributed by atoms with Crippen molar-refractivity contribution < 1.29 is 18.3 Å². The van der Waals surface area contributed by atoms with Gasteiger partial charge in [-0.3, -0.25) is 4.79 Å². The van der Waals surface area contributed by atoms with E-state index in [4.69, 9.17) is 4.74 Å². The minimum atomic E-state index is -0.679. The van der Waals surface area contributed by atoms with E-state index in [1.807, 2.05) is 0 Å². The van der Waals surface area contributed by atoms with E-state index in [9.17, 15) is 13.6 Å². The molecular formula is C18H16F2N4O2. The van der Waals surface area contributed by atoms with Crippen LogP contribution in [0.4, 0.5) is 20.3 Å². The zero-order valence-corrected chi connectivity index (χ0v) is 13.7. The Morgan fingerprint density at radius 2 is 2.15 bits per heavy atom. The van der Waals surface area contributed by atoms with Gasteiger partial charge in [-0.15, -0.1) is 0 Å². The van der Waals surface area contributed by atoms with Crippen molar-refractivity contribution in [1.82, 2.24) is 15.3 Å². The van der Waals surface area contributed by atoms with Crippen LogP contribution in [-0.4, -0.2) is 35.7 Å². The highest BCUT2D eigenvalue weighted by atomic mass is 19.1. The van der Waals surface area contributed by atoms with Gasteiger partial charge in [-0.2, -0.15) is 0 Å². The smallest absolute Gasteiger partial charge is 0.253 e. The van der Waals surface area contributed by atoms with Crippen LogP contribution in [0.3, 0.4) is 0 Å². The normalized spacial score (nSPS) is 13.4. The Balaban J connectivity index is 1.60. The van der Waals surface area contributed by atoms with Crippen molar-refractivity contribution in [2.75, 3.05) is 25.1 Å². The maximum Gasteiger partial charge on any atom is 0.253 e. The Morgan fingerprint density at radius 1 is 1.27 bits per heavy atom. The minimum absolute atomic E-state index is 0.000309. The van der Waals surface area contributed by atoms with Crippen LogP contribution in [0.25, 0.3) is 11.0 Å². The van der Waals surface area contributed by atoms with Gasteiger partial charge in [-0.1, -0.05) is 0 Å². The molecule has 0 fully saturated rings. The topological polar surface area (TPSA) is 79.0 Å². The van der Waals surface area contributed by atoms with Crippen molar-refractivity contribution >= 4 is 28.4 Å². The van der Waals surface area contributed by atoms with E-state index in [2.05, 4.69) is 20.6 Å². The van der Waals surface area contributed by atoms with Crippen LogP contribution in [0.15, 0.2) is 30.3 Å². The van der Waals surface area contributed by atoms with Crippen molar-refractivity contribution in [2.24, 2.45) is 0 Å². The van der Waals surface area contributed by atoms with Gasteiger partial charge in [0.1, 0.15) is 24.7 Å². The van der Waals surface area contributed by atoms with Crippen molar-refractivity contribution in [3.05, 3.63) is 47.4 Å². The Labute approximate surface area is 147 Å². The number of nitrogens with one attached hydrogen (secondary N) is 3. The first-order chi connectivity index (χ1) is 12.7. The summed E-state index contributed by atoms with van der Waals surface area (Å²) < 4.78 is 31.1. The maximum absolute atomic E-state index is 14.0. The second-order valence-corrected chi connectivity index (χ2v) is 5.88. The van der Waals surface area contributed by atoms with E-state index < -0.39 is 12.5 Å². The number of carbonyl (C=O) groups is 1. The number of fused-ring (bicyclic) bond motifs is 3. The first-order valence-corrected chi connectivity index (χ1v) is 8.21. The van der Waals surface area contributed by atoms with Crippen molar-refractivity contribution in [2.45, 2.75) is 6.42 Å². The lowest BCUT2D eigenvalue weighted by molar-refractivity contribution is 0.0947. The van der Waals surface area contributed by atoms with E-state index in [1.54, 1.807) is 18.2 Å². The fraction of sp³-hybridized carbons (Fsp3) is 0.222. The Kier molecular flexibility index (Phi) is 4.16. The maximum atomic E-state index is 14.0. The number of ether oxygens (including phenoxy) is 1. The number of anilines is 2. The third kappa shape index (κ3) is 2.94. The predicted octanol–water partition coefficient (Wildman–Crippen LogP) is 3.08. The van der Waals surface area contributed by atoms with Gasteiger partial charge < -0.3 is 20.4 Å². The summed E-state index contributed by atoms with van der Waals surface area (Å²) >= 11 is 0. The first-order valence-electron chi connectivity index (χ1n) is 8.21. The van der Waals surface area contributed by atoms with Crippen LogP contribution >= 0.6 is 0 Å². The zero-order chi connectivity index (χ0) is 18.1. The molecule has 0 unspecified atom stereocenters. The molecule has 0 aliphatic carbocycles. The largest absolute Gasteiger partial charge is 0.488 e. The number of benzene rings is 1. The number of H-pyrrole nitrogens is 1. The molecule has 134 valence electrons. The second kappa shape index (κ2) is 6.62. The quantitative estimate of drug-likeness (QED) is 0.655. The van der Waals surface area contributed by atoms with Crippen LogP contribution in [-0.2, 0) is 6.42 Å². The van der Waals surface area contributed by atoms with E-state index in [1.165, 1.54) is 12.1 Å². The number of carbonyl (C=O) groups excluding carboxylic acids is 1. The Bertz CT molecular complexity index is 987. The number of hydrogen-bond acceptors (Lipinski definition) is 4. The fourth-order valence-electron chi connectivity index (χ4n) is 3.02. The molecule has 0 radical (unpaired) electrons. The molecule has 1 aliphatic heterocycles. The molecule has 0 saturated carbocycles. The highest BCUT2D eigenvalue weighted by Crippen LogP contribution is 2.27. The van der Waals surface area contributed by atoms with Crippen LogP contribution < -0.4 is 15.4 Å². The summed E-state index contributed by atoms with van der Waals surface area (Å²) in [5.74, 6) is -0.185. The summed E-state index contributed by atoms with van der Waals surface area (Å²) in [6.07, 6.45) is 0.728. The van der Waals surface area contributed by atoms with Crippen molar-refractivity contribution in [1.29, 1.82) is 0 Å². The average molecular weight is 358 g/mol. The summed E-state index contributed by atoms with van der Waals surface area (Å²) in [7, 11) is 0. The second-order valence-electron chi connectivity index (χ2n) is 5.88. The van der Waals surface area contributed by atoms with Crippen LogP contribution in [0.5, 0.6) is 5.75 Å². The third-order valence-corrected chi connectivity index (χ3v) is 4.16. The molecule has 26 heavy (non-hydrogen) atoms. The molecule has 1 aliphatic rings. The van der Waals surface area contributed by atoms with Crippen LogP contribution in [0.2, 0.25) is 0 Å². The number of rotatable bonds is 5. The molecule has 0 atom stereocenters. The number of amides is 1. The molecule has 8 heteroatoms. The highest BCUT2D eigenvalue weighted by Gasteiger charge is 2.22. The summed E-state index contributed by atoms with van der Waals surface area (Å²) in [4.78, 5) is 19.7. The van der Waals surface area contributed by atoms with E-state index in [0.717, 1.165) is 17.5 Å². The van der Waals surface area contributed by atoms with Crippen molar-refractivity contribution in [3.63, 3.8) is 0 Å². The van der Waals surface area contributed by atoms with Gasteiger partial charge in [0.2, 0.25) is 0 Å². The predicted molar refractivity (Wildman–Crippen MR) is 93.3 cm³/mol. The lowest BCUT2D eigenvalue weighted by Crippen LogP contribution is -2.31. The lowest BCUT2D eigenvalue weighted by atomic mass is 10.1. The number of aromatic nitrogens is 2. The molecule has 3 N–H and O–H groups in total. The van der Waals surface area contributed by atoms with Gasteiger partial charge >= 0.3 is 0 Å². The average Bonchev–Trinajstić information content (AvgIpc) is 3.00. The van der Waals surface area contributed by atoms with Crippen LogP contribution in [0, 0.1) is 5.82 Å². The fourth-order valence-corrected chi connectivity index (χ4v) is 3.02. The van der Waals surface area contributed by atoms with Gasteiger partial charge in [-0.25, -0.2) is 13.8 Å². The summed E-state index contributed by atoms with van der Waals surface area (Å²) in [6.45, 7) is -0.269. The molecule has 0 bridgehead atoms. The summed E-state index contributed by atoms with van der Waals surface area (Å²) in [5, 5.41) is 6.58. The highest BCUT2D eigenvalue weighted by molar-refractivity contribution is 6.08. The Hall–Kier alpha value is -3.16. The van der Waals surface area contributed by atoms with Gasteiger partial charge in [0.15, 0.2) is 11.6 Å². The number of alkyl halides is 1. The molecule has 1 amide bonds. The number of pyridine rings is 1. The molecule has 2 aromatic heterocycles. The monoisotopic (exact) mass is 358 g/mol. The standard InChI is InChI=1S/C18H16F2N4O2/c19-6-8-26-14-3-1-10(9-12(14)20)22-15-4-2-11-16-13(23-17(11)24-15)5-7-21-18(16)25/h1-4,9H,5-8H2,(H,21,25)(H2,22,23,24). The van der Waals surface area contributed by atoms with E-state index in [0.29, 0.717) is 29.3 Å². The minimum Gasteiger partial charge on any atom is -0.488 e. The number of hydrogen-bond donors (Lipinski definition) is 3. The first kappa shape index (κ1) is 16.3. The molecule has 3 heterocycles. The Morgan fingerprint density at radius 3 is 2.96 bits per heavy atom. The molecule has 6 nitrogen and oxygen atoms in total. The number of aromatic amines is 1. The zero-order valence-electron chi connectivity index (χ0n) is 13.7. The van der Waals surface area contributed by atoms with Gasteiger partial charge in [0, 0.05) is 35.8 Å². The lowest BCUT2D eigenvalue weighted by Gasteiger charge is -2.11. The van der Waals surface area contributed by atoms with E-state index >= 15 is 0 Å². The van der Waals surface area contributed by atoms with E-state index in [-0.39, 0.29) is 18.3 Å². The molecular weight excluding hydrogens is 342 g/mol. The number of nitrogens with zero attached hydrogens (tertiary/aromatic N) is 1. The molecule has 3 aromatic rings. The molecule has 0 spiro atoms. The molecule has 0 saturated heterocycles.